The van der Waals surface area contributed by atoms with Crippen LogP contribution in [0.25, 0.3) is 11.1 Å². The highest BCUT2D eigenvalue weighted by molar-refractivity contribution is 7.14. The van der Waals surface area contributed by atoms with Gasteiger partial charge in [0.1, 0.15) is 11.6 Å². The average molecular weight is 324 g/mol. The van der Waals surface area contributed by atoms with Crippen molar-refractivity contribution in [3.8, 4) is 16.9 Å². The van der Waals surface area contributed by atoms with Crippen LogP contribution in [0.15, 0.2) is 59.0 Å². The van der Waals surface area contributed by atoms with E-state index in [0.29, 0.717) is 10.9 Å². The second-order valence-corrected chi connectivity index (χ2v) is 5.66. The predicted molar refractivity (Wildman–Crippen MR) is 96.2 cm³/mol. The smallest absolute Gasteiger partial charge is 0.205 e. The summed E-state index contributed by atoms with van der Waals surface area (Å²) in [7, 11) is 1.66. The quantitative estimate of drug-likeness (QED) is 0.552. The summed E-state index contributed by atoms with van der Waals surface area (Å²) in [5, 5.41) is 6.62. The van der Waals surface area contributed by atoms with Gasteiger partial charge in [0.25, 0.3) is 0 Å². The number of nitrogens with two attached hydrogens (primary N) is 1. The van der Waals surface area contributed by atoms with Gasteiger partial charge in [-0.25, -0.2) is 4.98 Å². The van der Waals surface area contributed by atoms with E-state index in [1.807, 2.05) is 36.4 Å². The van der Waals surface area contributed by atoms with Crippen molar-refractivity contribution in [2.75, 3.05) is 18.3 Å². The van der Waals surface area contributed by atoms with E-state index >= 15 is 0 Å². The van der Waals surface area contributed by atoms with Gasteiger partial charge in [-0.2, -0.15) is 5.10 Å². The highest BCUT2D eigenvalue weighted by Gasteiger charge is 2.00. The SMILES string of the molecule is COc1ccc(-c2cccc(C=NNc3nc(N)cs3)c2)cc1. The molecule has 3 aromatic rings. The molecule has 0 fully saturated rings. The second-order valence-electron chi connectivity index (χ2n) is 4.80. The maximum atomic E-state index is 5.56. The molecule has 5 nitrogen and oxygen atoms in total. The summed E-state index contributed by atoms with van der Waals surface area (Å²) in [6.45, 7) is 0. The highest BCUT2D eigenvalue weighted by Crippen LogP contribution is 2.23. The van der Waals surface area contributed by atoms with Gasteiger partial charge in [0.05, 0.1) is 13.3 Å². The van der Waals surface area contributed by atoms with Crippen molar-refractivity contribution in [2.45, 2.75) is 0 Å². The van der Waals surface area contributed by atoms with E-state index in [2.05, 4.69) is 27.6 Å². The summed E-state index contributed by atoms with van der Waals surface area (Å²) >= 11 is 1.42. The molecule has 0 radical (unpaired) electrons. The van der Waals surface area contributed by atoms with Crippen LogP contribution in [0.4, 0.5) is 10.9 Å². The molecule has 0 saturated heterocycles. The summed E-state index contributed by atoms with van der Waals surface area (Å²) in [4.78, 5) is 4.08. The first-order valence-electron chi connectivity index (χ1n) is 6.99. The Bertz CT molecular complexity index is 811. The predicted octanol–water partition coefficient (Wildman–Crippen LogP) is 3.85. The number of nitrogens with one attached hydrogen (secondary N) is 1. The summed E-state index contributed by atoms with van der Waals surface area (Å²) in [5.41, 5.74) is 11.7. The first-order chi connectivity index (χ1) is 11.2. The number of methoxy groups -OCH3 is 1. The van der Waals surface area contributed by atoms with Crippen LogP contribution in [0, 0.1) is 0 Å². The van der Waals surface area contributed by atoms with Gasteiger partial charge in [-0.1, -0.05) is 30.3 Å². The molecule has 1 heterocycles. The summed E-state index contributed by atoms with van der Waals surface area (Å²) in [6, 6.07) is 16.1. The van der Waals surface area contributed by atoms with Gasteiger partial charge < -0.3 is 10.5 Å². The molecule has 3 N–H and O–H groups in total. The third kappa shape index (κ3) is 3.87. The fraction of sp³-hybridized carbons (Fsp3) is 0.0588. The summed E-state index contributed by atoms with van der Waals surface area (Å²) in [6.07, 6.45) is 1.75. The van der Waals surface area contributed by atoms with E-state index in [0.717, 1.165) is 22.4 Å². The lowest BCUT2D eigenvalue weighted by atomic mass is 10.0. The van der Waals surface area contributed by atoms with Crippen LogP contribution in [-0.4, -0.2) is 18.3 Å². The van der Waals surface area contributed by atoms with Crippen LogP contribution < -0.4 is 15.9 Å². The Morgan fingerprint density at radius 3 is 2.70 bits per heavy atom. The number of benzene rings is 2. The molecule has 0 spiro atoms. The molecule has 0 aliphatic carbocycles. The minimum absolute atomic E-state index is 0.495. The normalized spacial score (nSPS) is 10.8. The number of hydrogen-bond donors (Lipinski definition) is 2. The van der Waals surface area contributed by atoms with Crippen molar-refractivity contribution in [2.24, 2.45) is 5.10 Å². The third-order valence-corrected chi connectivity index (χ3v) is 3.97. The first kappa shape index (κ1) is 15.1. The Labute approximate surface area is 138 Å². The van der Waals surface area contributed by atoms with E-state index in [1.165, 1.54) is 11.3 Å². The standard InChI is InChI=1S/C17H16N4OS/c1-22-15-7-5-13(6-8-15)14-4-2-3-12(9-14)10-19-21-17-20-16(18)11-23-17/h2-11H,18H2,1H3,(H,20,21). The van der Waals surface area contributed by atoms with Crippen LogP contribution >= 0.6 is 11.3 Å². The number of anilines is 2. The molecule has 23 heavy (non-hydrogen) atoms. The molecule has 0 aliphatic rings. The maximum Gasteiger partial charge on any atom is 0.205 e. The number of nitrogen functional groups attached to an aromatic ring is 1. The minimum atomic E-state index is 0.495. The van der Waals surface area contributed by atoms with E-state index in [4.69, 9.17) is 10.5 Å². The fourth-order valence-electron chi connectivity index (χ4n) is 2.08. The van der Waals surface area contributed by atoms with Gasteiger partial charge in [-0.3, -0.25) is 5.43 Å². The number of nitrogens with zero attached hydrogens (tertiary/aromatic N) is 2. The lowest BCUT2D eigenvalue weighted by Crippen LogP contribution is -1.91. The number of hydrazone groups is 1. The number of hydrogen-bond acceptors (Lipinski definition) is 6. The molecule has 2 aromatic carbocycles. The van der Waals surface area contributed by atoms with E-state index in [-0.39, 0.29) is 0 Å². The van der Waals surface area contributed by atoms with Gasteiger partial charge in [0.15, 0.2) is 0 Å². The lowest BCUT2D eigenvalue weighted by Gasteiger charge is -2.04. The second kappa shape index (κ2) is 6.93. The zero-order valence-electron chi connectivity index (χ0n) is 12.6. The van der Waals surface area contributed by atoms with Crippen molar-refractivity contribution >= 4 is 28.5 Å². The Morgan fingerprint density at radius 2 is 2.00 bits per heavy atom. The third-order valence-electron chi connectivity index (χ3n) is 3.21. The van der Waals surface area contributed by atoms with E-state index in [9.17, 15) is 0 Å². The lowest BCUT2D eigenvalue weighted by molar-refractivity contribution is 0.415. The molecular weight excluding hydrogens is 308 g/mol. The zero-order valence-corrected chi connectivity index (χ0v) is 13.4. The van der Waals surface area contributed by atoms with Gasteiger partial charge in [0.2, 0.25) is 5.13 Å². The highest BCUT2D eigenvalue weighted by atomic mass is 32.1. The molecule has 3 rings (SSSR count). The topological polar surface area (TPSA) is 72.5 Å². The largest absolute Gasteiger partial charge is 0.497 e. The monoisotopic (exact) mass is 324 g/mol. The van der Waals surface area contributed by atoms with Crippen molar-refractivity contribution in [1.29, 1.82) is 0 Å². The number of aromatic nitrogens is 1. The van der Waals surface area contributed by atoms with Gasteiger partial charge >= 0.3 is 0 Å². The van der Waals surface area contributed by atoms with Gasteiger partial charge in [-0.05, 0) is 34.9 Å². The Morgan fingerprint density at radius 1 is 1.17 bits per heavy atom. The Kier molecular flexibility index (Phi) is 4.54. The van der Waals surface area contributed by atoms with Crippen LogP contribution in [0.3, 0.4) is 0 Å². The molecule has 0 bridgehead atoms. The molecule has 1 aromatic heterocycles. The van der Waals surface area contributed by atoms with Gasteiger partial charge in [0, 0.05) is 5.38 Å². The molecule has 116 valence electrons. The van der Waals surface area contributed by atoms with Crippen molar-refractivity contribution in [3.05, 3.63) is 59.5 Å². The van der Waals surface area contributed by atoms with E-state index < -0.39 is 0 Å². The maximum absolute atomic E-state index is 5.56. The molecule has 6 heteroatoms. The van der Waals surface area contributed by atoms with Crippen LogP contribution in [0.2, 0.25) is 0 Å². The van der Waals surface area contributed by atoms with Crippen molar-refractivity contribution in [1.82, 2.24) is 4.98 Å². The van der Waals surface area contributed by atoms with E-state index in [1.54, 1.807) is 18.7 Å². The minimum Gasteiger partial charge on any atom is -0.497 e. The van der Waals surface area contributed by atoms with Crippen LogP contribution in [0.5, 0.6) is 5.75 Å². The number of ether oxygens (including phenoxy) is 1. The molecule has 0 saturated carbocycles. The molecule has 0 aliphatic heterocycles. The van der Waals surface area contributed by atoms with Gasteiger partial charge in [-0.15, -0.1) is 11.3 Å². The van der Waals surface area contributed by atoms with Crippen molar-refractivity contribution in [3.63, 3.8) is 0 Å². The number of thiazole rings is 1. The molecule has 0 amide bonds. The number of rotatable bonds is 5. The first-order valence-corrected chi connectivity index (χ1v) is 7.87. The average Bonchev–Trinajstić information content (AvgIpc) is 3.00. The molecule has 0 atom stereocenters. The van der Waals surface area contributed by atoms with Crippen molar-refractivity contribution < 1.29 is 4.74 Å². The molecular formula is C17H16N4OS. The molecule has 0 unspecified atom stereocenters. The summed E-state index contributed by atoms with van der Waals surface area (Å²) in [5.74, 6) is 1.34. The fourth-order valence-corrected chi connectivity index (χ4v) is 2.63. The van der Waals surface area contributed by atoms with Crippen LogP contribution in [-0.2, 0) is 0 Å². The zero-order chi connectivity index (χ0) is 16.1. The summed E-state index contributed by atoms with van der Waals surface area (Å²) < 4.78 is 5.18. The Hall–Kier alpha value is -2.86. The Balaban J connectivity index is 1.73. The van der Waals surface area contributed by atoms with Crippen LogP contribution in [0.1, 0.15) is 5.56 Å².